The van der Waals surface area contributed by atoms with Crippen LogP contribution in [0.3, 0.4) is 0 Å². The van der Waals surface area contributed by atoms with Crippen LogP contribution in [0.1, 0.15) is 27.8 Å². The number of hydrogen-bond donors (Lipinski definition) is 0. The molecule has 0 N–H and O–H groups in total. The summed E-state index contributed by atoms with van der Waals surface area (Å²) in [5.41, 5.74) is 5.68. The van der Waals surface area contributed by atoms with Gasteiger partial charge in [-0.15, -0.1) is 0 Å². The van der Waals surface area contributed by atoms with Gasteiger partial charge in [0.15, 0.2) is 0 Å². The van der Waals surface area contributed by atoms with Gasteiger partial charge in [-0.3, -0.25) is 0 Å². The third-order valence-electron chi connectivity index (χ3n) is 3.56. The fourth-order valence-corrected chi connectivity index (χ4v) is 2.26. The molecular weight excluding hydrogens is 276 g/mol. The van der Waals surface area contributed by atoms with Crippen molar-refractivity contribution >= 4 is 12.2 Å². The lowest BCUT2D eigenvalue weighted by Gasteiger charge is -1.96. The van der Waals surface area contributed by atoms with E-state index in [0.717, 1.165) is 16.7 Å². The van der Waals surface area contributed by atoms with E-state index in [1.54, 1.807) is 0 Å². The summed E-state index contributed by atoms with van der Waals surface area (Å²) in [6, 6.07) is 26.9. The van der Waals surface area contributed by atoms with E-state index in [1.807, 2.05) is 30.3 Å². The number of hydrogen-bond acceptors (Lipinski definition) is 0. The molecule has 0 heteroatoms. The molecule has 3 aromatic rings. The first-order valence-electron chi connectivity index (χ1n) is 7.71. The molecule has 0 aliphatic heterocycles. The van der Waals surface area contributed by atoms with Crippen molar-refractivity contribution in [3.63, 3.8) is 0 Å². The average molecular weight is 294 g/mol. The van der Waals surface area contributed by atoms with E-state index in [9.17, 15) is 0 Å². The van der Waals surface area contributed by atoms with E-state index in [4.69, 9.17) is 0 Å². The van der Waals surface area contributed by atoms with Crippen molar-refractivity contribution in [2.45, 2.75) is 6.92 Å². The first-order valence-corrected chi connectivity index (χ1v) is 7.71. The zero-order valence-electron chi connectivity index (χ0n) is 13.2. The van der Waals surface area contributed by atoms with Crippen LogP contribution in [-0.4, -0.2) is 0 Å². The van der Waals surface area contributed by atoms with E-state index >= 15 is 0 Å². The van der Waals surface area contributed by atoms with Gasteiger partial charge in [0, 0.05) is 11.1 Å². The number of rotatable bonds is 2. The Labute approximate surface area is 138 Å². The largest absolute Gasteiger partial charge is 0.0622 e. The van der Waals surface area contributed by atoms with Crippen LogP contribution < -0.4 is 0 Å². The Morgan fingerprint density at radius 3 is 2.04 bits per heavy atom. The smallest absolute Gasteiger partial charge is 0.0254 e. The average Bonchev–Trinajstić information content (AvgIpc) is 2.61. The van der Waals surface area contributed by atoms with E-state index in [-0.39, 0.29) is 0 Å². The van der Waals surface area contributed by atoms with Crippen molar-refractivity contribution in [2.75, 3.05) is 0 Å². The molecule has 0 unspecified atom stereocenters. The van der Waals surface area contributed by atoms with Crippen LogP contribution in [0.4, 0.5) is 0 Å². The highest BCUT2D eigenvalue weighted by Gasteiger charge is 1.91. The van der Waals surface area contributed by atoms with Crippen LogP contribution in [0.25, 0.3) is 12.2 Å². The maximum absolute atomic E-state index is 3.24. The number of benzene rings is 3. The van der Waals surface area contributed by atoms with Gasteiger partial charge < -0.3 is 0 Å². The summed E-state index contributed by atoms with van der Waals surface area (Å²) < 4.78 is 0. The van der Waals surface area contributed by atoms with Crippen molar-refractivity contribution in [1.29, 1.82) is 0 Å². The molecule has 0 heterocycles. The highest BCUT2D eigenvalue weighted by atomic mass is 14.0. The Morgan fingerprint density at radius 1 is 0.609 bits per heavy atom. The molecule has 0 radical (unpaired) electrons. The monoisotopic (exact) mass is 294 g/mol. The molecule has 0 bridgehead atoms. The standard InChI is InChI=1S/C23H18/c1-19-10-12-21(13-11-19)15-17-23-9-5-8-22(18-23)16-14-20-6-3-2-4-7-20/h2-14,16,18H,1H3/b16-14+. The highest BCUT2D eigenvalue weighted by molar-refractivity contribution is 5.70. The van der Waals surface area contributed by atoms with Gasteiger partial charge in [0.05, 0.1) is 0 Å². The second-order valence-electron chi connectivity index (χ2n) is 5.49. The van der Waals surface area contributed by atoms with E-state index in [1.165, 1.54) is 11.1 Å². The maximum atomic E-state index is 3.24. The summed E-state index contributed by atoms with van der Waals surface area (Å²) in [5.74, 6) is 6.45. The molecule has 110 valence electrons. The van der Waals surface area contributed by atoms with Crippen LogP contribution in [-0.2, 0) is 0 Å². The van der Waals surface area contributed by atoms with Crippen molar-refractivity contribution in [1.82, 2.24) is 0 Å². The van der Waals surface area contributed by atoms with E-state index in [0.29, 0.717) is 0 Å². The van der Waals surface area contributed by atoms with Gasteiger partial charge in [-0.25, -0.2) is 0 Å². The Balaban J connectivity index is 1.78. The third-order valence-corrected chi connectivity index (χ3v) is 3.56. The molecule has 0 aliphatic rings. The third kappa shape index (κ3) is 4.46. The summed E-state index contributed by atoms with van der Waals surface area (Å²) in [5, 5.41) is 0. The Hall–Kier alpha value is -3.04. The van der Waals surface area contributed by atoms with Crippen molar-refractivity contribution in [2.24, 2.45) is 0 Å². The van der Waals surface area contributed by atoms with Gasteiger partial charge in [0.2, 0.25) is 0 Å². The van der Waals surface area contributed by atoms with Gasteiger partial charge in [0.25, 0.3) is 0 Å². The minimum absolute atomic E-state index is 1.03. The highest BCUT2D eigenvalue weighted by Crippen LogP contribution is 2.10. The van der Waals surface area contributed by atoms with Crippen LogP contribution >= 0.6 is 0 Å². The quantitative estimate of drug-likeness (QED) is 0.428. The first-order chi connectivity index (χ1) is 11.3. The Kier molecular flexibility index (Phi) is 4.72. The van der Waals surface area contributed by atoms with Gasteiger partial charge in [0.1, 0.15) is 0 Å². The predicted molar refractivity (Wildman–Crippen MR) is 99.0 cm³/mol. The fourth-order valence-electron chi connectivity index (χ4n) is 2.26. The van der Waals surface area contributed by atoms with Crippen molar-refractivity contribution in [3.05, 3.63) is 107 Å². The summed E-state index contributed by atoms with van der Waals surface area (Å²) >= 11 is 0. The van der Waals surface area contributed by atoms with Gasteiger partial charge in [-0.1, -0.05) is 84.2 Å². The topological polar surface area (TPSA) is 0 Å². The van der Waals surface area contributed by atoms with E-state index in [2.05, 4.69) is 79.4 Å². The Bertz CT molecular complexity index is 857. The van der Waals surface area contributed by atoms with Gasteiger partial charge in [-0.2, -0.15) is 0 Å². The van der Waals surface area contributed by atoms with Crippen molar-refractivity contribution in [3.8, 4) is 11.8 Å². The minimum atomic E-state index is 1.03. The summed E-state index contributed by atoms with van der Waals surface area (Å²) in [7, 11) is 0. The molecule has 0 saturated carbocycles. The molecule has 0 spiro atoms. The lowest BCUT2D eigenvalue weighted by Crippen LogP contribution is -1.79. The molecule has 0 amide bonds. The molecule has 23 heavy (non-hydrogen) atoms. The molecule has 0 aromatic heterocycles. The molecule has 3 rings (SSSR count). The fraction of sp³-hybridized carbons (Fsp3) is 0.0435. The van der Waals surface area contributed by atoms with Gasteiger partial charge >= 0.3 is 0 Å². The van der Waals surface area contributed by atoms with E-state index < -0.39 is 0 Å². The molecule has 0 aliphatic carbocycles. The van der Waals surface area contributed by atoms with Crippen LogP contribution in [0.5, 0.6) is 0 Å². The van der Waals surface area contributed by atoms with Crippen molar-refractivity contribution < 1.29 is 0 Å². The molecule has 0 nitrogen and oxygen atoms in total. The SMILES string of the molecule is Cc1ccc(C#Cc2cccc(/C=C/c3ccccc3)c2)cc1. The van der Waals surface area contributed by atoms with Gasteiger partial charge in [-0.05, 0) is 42.3 Å². The molecule has 0 fully saturated rings. The lowest BCUT2D eigenvalue weighted by atomic mass is 10.1. The second kappa shape index (κ2) is 7.29. The lowest BCUT2D eigenvalue weighted by molar-refractivity contribution is 1.46. The zero-order valence-corrected chi connectivity index (χ0v) is 13.2. The normalized spacial score (nSPS) is 10.3. The second-order valence-corrected chi connectivity index (χ2v) is 5.49. The Morgan fingerprint density at radius 2 is 1.26 bits per heavy atom. The van der Waals surface area contributed by atoms with Crippen LogP contribution in [0, 0.1) is 18.8 Å². The maximum Gasteiger partial charge on any atom is 0.0254 e. The minimum Gasteiger partial charge on any atom is -0.0622 e. The van der Waals surface area contributed by atoms with Crippen LogP contribution in [0.2, 0.25) is 0 Å². The summed E-state index contributed by atoms with van der Waals surface area (Å²) in [4.78, 5) is 0. The van der Waals surface area contributed by atoms with Crippen LogP contribution in [0.15, 0.2) is 78.9 Å². The zero-order chi connectivity index (χ0) is 15.9. The molecule has 0 saturated heterocycles. The summed E-state index contributed by atoms with van der Waals surface area (Å²) in [6.07, 6.45) is 4.24. The molecule has 3 aromatic carbocycles. The predicted octanol–water partition coefficient (Wildman–Crippen LogP) is 5.57. The number of aryl methyl sites for hydroxylation is 1. The summed E-state index contributed by atoms with van der Waals surface area (Å²) in [6.45, 7) is 2.08. The molecule has 0 atom stereocenters. The first kappa shape index (κ1) is 14.9. The molecular formula is C23H18.